The van der Waals surface area contributed by atoms with Crippen molar-refractivity contribution in [2.75, 3.05) is 5.75 Å². The molecule has 2 aromatic heterocycles. The fraction of sp³-hybridized carbons (Fsp3) is 0.462. The normalized spacial score (nSPS) is 20.9. The van der Waals surface area contributed by atoms with E-state index >= 15 is 0 Å². The Kier molecular flexibility index (Phi) is 3.30. The van der Waals surface area contributed by atoms with Crippen LogP contribution in [0.2, 0.25) is 5.15 Å². The van der Waals surface area contributed by atoms with Gasteiger partial charge < -0.3 is 0 Å². The van der Waals surface area contributed by atoms with Gasteiger partial charge in [0.25, 0.3) is 0 Å². The van der Waals surface area contributed by atoms with Crippen molar-refractivity contribution >= 4 is 28.9 Å². The highest BCUT2D eigenvalue weighted by Gasteiger charge is 2.17. The summed E-state index contributed by atoms with van der Waals surface area (Å²) in [5.74, 6) is 2.40. The molecule has 1 atom stereocenters. The number of hydrogen-bond acceptors (Lipinski definition) is 2. The molecule has 1 unspecified atom stereocenters. The zero-order valence-electron chi connectivity index (χ0n) is 9.60. The lowest BCUT2D eigenvalue weighted by Crippen LogP contribution is -2.14. The van der Waals surface area contributed by atoms with E-state index in [-0.39, 0.29) is 0 Å². The van der Waals surface area contributed by atoms with Crippen LogP contribution in [0.15, 0.2) is 24.4 Å². The first-order chi connectivity index (χ1) is 8.34. The lowest BCUT2D eigenvalue weighted by Gasteiger charge is -2.20. The molecule has 2 nitrogen and oxygen atoms in total. The summed E-state index contributed by atoms with van der Waals surface area (Å²) in [6, 6.07) is 5.95. The van der Waals surface area contributed by atoms with Crippen LogP contribution in [0.3, 0.4) is 0 Å². The molecule has 0 saturated carbocycles. The monoisotopic (exact) mass is 266 g/mol. The summed E-state index contributed by atoms with van der Waals surface area (Å²) in [4.78, 5) is 4.52. The third kappa shape index (κ3) is 2.31. The van der Waals surface area contributed by atoms with Gasteiger partial charge in [-0.3, -0.25) is 4.40 Å². The van der Waals surface area contributed by atoms with Crippen LogP contribution < -0.4 is 0 Å². The summed E-state index contributed by atoms with van der Waals surface area (Å²) in [6.07, 6.45) is 6.97. The molecule has 0 spiro atoms. The molecule has 0 aromatic carbocycles. The number of halogens is 1. The van der Waals surface area contributed by atoms with Crippen LogP contribution in [-0.4, -0.2) is 20.4 Å². The van der Waals surface area contributed by atoms with Crippen molar-refractivity contribution in [2.45, 2.75) is 30.9 Å². The van der Waals surface area contributed by atoms with Crippen molar-refractivity contribution < 1.29 is 0 Å². The Morgan fingerprint density at radius 3 is 3.18 bits per heavy atom. The summed E-state index contributed by atoms with van der Waals surface area (Å²) in [5, 5.41) is 1.47. The van der Waals surface area contributed by atoms with Crippen LogP contribution >= 0.6 is 23.4 Å². The van der Waals surface area contributed by atoms with Crippen LogP contribution in [0.4, 0.5) is 0 Å². The van der Waals surface area contributed by atoms with E-state index in [2.05, 4.69) is 27.2 Å². The van der Waals surface area contributed by atoms with E-state index in [0.717, 1.165) is 22.9 Å². The lowest BCUT2D eigenvalue weighted by molar-refractivity contribution is 0.647. The standard InChI is InChI=1S/C13H15ClN2S/c14-12-6-3-4-10-9-15-13(16(10)12)8-11-5-1-2-7-17-11/h3-4,6,9,11H,1-2,5,7-8H2. The van der Waals surface area contributed by atoms with Crippen molar-refractivity contribution in [3.63, 3.8) is 0 Å². The van der Waals surface area contributed by atoms with Gasteiger partial charge in [0.1, 0.15) is 11.0 Å². The zero-order valence-corrected chi connectivity index (χ0v) is 11.2. The van der Waals surface area contributed by atoms with E-state index in [1.165, 1.54) is 25.0 Å². The Morgan fingerprint density at radius 1 is 1.41 bits per heavy atom. The van der Waals surface area contributed by atoms with Gasteiger partial charge in [0.15, 0.2) is 0 Å². The second-order valence-corrected chi connectivity index (χ2v) is 6.27. The predicted octanol–water partition coefficient (Wildman–Crippen LogP) is 3.82. The number of hydrogen-bond donors (Lipinski definition) is 0. The number of rotatable bonds is 2. The highest BCUT2D eigenvalue weighted by atomic mass is 35.5. The minimum Gasteiger partial charge on any atom is -0.287 e. The number of fused-ring (bicyclic) bond motifs is 1. The number of aromatic nitrogens is 2. The van der Waals surface area contributed by atoms with Gasteiger partial charge in [0, 0.05) is 11.7 Å². The summed E-state index contributed by atoms with van der Waals surface area (Å²) in [6.45, 7) is 0. The highest BCUT2D eigenvalue weighted by molar-refractivity contribution is 7.99. The number of pyridine rings is 1. The average molecular weight is 267 g/mol. The summed E-state index contributed by atoms with van der Waals surface area (Å²) in [7, 11) is 0. The van der Waals surface area contributed by atoms with E-state index < -0.39 is 0 Å². The van der Waals surface area contributed by atoms with Gasteiger partial charge >= 0.3 is 0 Å². The molecule has 0 radical (unpaired) electrons. The molecule has 90 valence electrons. The molecule has 0 aliphatic carbocycles. The third-order valence-electron chi connectivity index (χ3n) is 3.26. The third-order valence-corrected chi connectivity index (χ3v) is 4.95. The Labute approximate surface area is 110 Å². The minimum absolute atomic E-state index is 0.714. The van der Waals surface area contributed by atoms with Crippen molar-refractivity contribution in [3.8, 4) is 0 Å². The first kappa shape index (κ1) is 11.4. The molecular formula is C13H15ClN2S. The van der Waals surface area contributed by atoms with Gasteiger partial charge in [-0.25, -0.2) is 4.98 Å². The second kappa shape index (κ2) is 4.91. The predicted molar refractivity (Wildman–Crippen MR) is 74.0 cm³/mol. The maximum absolute atomic E-state index is 6.24. The quantitative estimate of drug-likeness (QED) is 0.769. The van der Waals surface area contributed by atoms with Gasteiger partial charge in [0.05, 0.1) is 11.7 Å². The smallest absolute Gasteiger partial charge is 0.115 e. The molecule has 0 N–H and O–H groups in total. The average Bonchev–Trinajstić information content (AvgIpc) is 2.75. The van der Waals surface area contributed by atoms with Crippen LogP contribution in [0.25, 0.3) is 5.52 Å². The fourth-order valence-electron chi connectivity index (χ4n) is 2.39. The summed E-state index contributed by atoms with van der Waals surface area (Å²) in [5.41, 5.74) is 1.09. The van der Waals surface area contributed by atoms with E-state index in [0.29, 0.717) is 5.25 Å². The van der Waals surface area contributed by atoms with E-state index in [1.54, 1.807) is 0 Å². The Bertz CT molecular complexity index is 517. The fourth-order valence-corrected chi connectivity index (χ4v) is 3.96. The first-order valence-electron chi connectivity index (χ1n) is 6.07. The van der Waals surface area contributed by atoms with Gasteiger partial charge in [-0.1, -0.05) is 24.1 Å². The molecule has 2 aromatic rings. The molecule has 17 heavy (non-hydrogen) atoms. The summed E-state index contributed by atoms with van der Waals surface area (Å²) < 4.78 is 2.07. The largest absolute Gasteiger partial charge is 0.287 e. The van der Waals surface area contributed by atoms with Crippen LogP contribution in [0.1, 0.15) is 25.1 Å². The topological polar surface area (TPSA) is 17.3 Å². The molecule has 1 aliphatic rings. The molecule has 3 rings (SSSR count). The summed E-state index contributed by atoms with van der Waals surface area (Å²) >= 11 is 8.32. The zero-order chi connectivity index (χ0) is 11.7. The van der Waals surface area contributed by atoms with E-state index in [4.69, 9.17) is 11.6 Å². The van der Waals surface area contributed by atoms with Crippen LogP contribution in [0.5, 0.6) is 0 Å². The molecular weight excluding hydrogens is 252 g/mol. The maximum Gasteiger partial charge on any atom is 0.115 e. The van der Waals surface area contributed by atoms with Gasteiger partial charge in [-0.05, 0) is 30.7 Å². The van der Waals surface area contributed by atoms with Crippen molar-refractivity contribution in [1.82, 2.24) is 9.38 Å². The SMILES string of the molecule is Clc1cccc2cnc(CC3CCCCS3)n12. The van der Waals surface area contributed by atoms with E-state index in [1.807, 2.05) is 18.3 Å². The number of nitrogens with zero attached hydrogens (tertiary/aromatic N) is 2. The Balaban J connectivity index is 1.89. The van der Waals surface area contributed by atoms with Crippen molar-refractivity contribution in [3.05, 3.63) is 35.4 Å². The van der Waals surface area contributed by atoms with Gasteiger partial charge in [-0.15, -0.1) is 0 Å². The Morgan fingerprint density at radius 2 is 2.35 bits per heavy atom. The molecule has 0 amide bonds. The van der Waals surface area contributed by atoms with Crippen LogP contribution in [0, 0.1) is 0 Å². The molecule has 1 fully saturated rings. The van der Waals surface area contributed by atoms with Gasteiger partial charge in [-0.2, -0.15) is 11.8 Å². The Hall–Kier alpha value is -0.670. The molecule has 1 aliphatic heterocycles. The van der Waals surface area contributed by atoms with Crippen molar-refractivity contribution in [1.29, 1.82) is 0 Å². The number of thioether (sulfide) groups is 1. The van der Waals surface area contributed by atoms with E-state index in [9.17, 15) is 0 Å². The van der Waals surface area contributed by atoms with Gasteiger partial charge in [0.2, 0.25) is 0 Å². The molecule has 1 saturated heterocycles. The van der Waals surface area contributed by atoms with Crippen molar-refractivity contribution in [2.24, 2.45) is 0 Å². The lowest BCUT2D eigenvalue weighted by atomic mass is 10.1. The van der Waals surface area contributed by atoms with Crippen LogP contribution in [-0.2, 0) is 6.42 Å². The minimum atomic E-state index is 0.714. The molecule has 3 heterocycles. The molecule has 0 bridgehead atoms. The first-order valence-corrected chi connectivity index (χ1v) is 7.50. The highest BCUT2D eigenvalue weighted by Crippen LogP contribution is 2.28. The second-order valence-electron chi connectivity index (χ2n) is 4.48. The molecule has 4 heteroatoms. The number of imidazole rings is 1. The maximum atomic E-state index is 6.24.